The van der Waals surface area contributed by atoms with Crippen LogP contribution in [0.2, 0.25) is 0 Å². The molecule has 2 rings (SSSR count). The molecule has 9 heteroatoms. The van der Waals surface area contributed by atoms with Gasteiger partial charge in [0.2, 0.25) is 0 Å². The average Bonchev–Trinajstić information content (AvgIpc) is 2.84. The van der Waals surface area contributed by atoms with Crippen LogP contribution in [-0.2, 0) is 14.2 Å². The molecule has 19 heavy (non-hydrogen) atoms. The minimum absolute atomic E-state index is 0.0605. The van der Waals surface area contributed by atoms with Crippen LogP contribution in [0, 0.1) is 0 Å². The predicted molar refractivity (Wildman–Crippen MR) is 67.6 cm³/mol. The number of rotatable bonds is 3. The van der Waals surface area contributed by atoms with E-state index in [1.54, 1.807) is 0 Å². The highest BCUT2D eigenvalue weighted by molar-refractivity contribution is 8.00. The molecule has 1 aliphatic heterocycles. The van der Waals surface area contributed by atoms with Gasteiger partial charge in [0, 0.05) is 11.9 Å². The van der Waals surface area contributed by atoms with Crippen LogP contribution in [0.5, 0.6) is 0 Å². The largest absolute Gasteiger partial charge is 0.508 e. The first kappa shape index (κ1) is 13.7. The molecule has 1 aromatic rings. The van der Waals surface area contributed by atoms with Crippen LogP contribution in [0.1, 0.15) is 6.23 Å². The van der Waals surface area contributed by atoms with Crippen molar-refractivity contribution < 1.29 is 19.0 Å². The second-order valence-corrected chi connectivity index (χ2v) is 4.85. The van der Waals surface area contributed by atoms with Crippen LogP contribution < -0.4 is 11.4 Å². The van der Waals surface area contributed by atoms with Crippen molar-refractivity contribution in [1.29, 1.82) is 0 Å². The van der Waals surface area contributed by atoms with E-state index in [-0.39, 0.29) is 17.9 Å². The second-order valence-electron chi connectivity index (χ2n) is 3.66. The normalized spacial score (nSPS) is 22.2. The van der Waals surface area contributed by atoms with Crippen LogP contribution in [0.15, 0.2) is 17.1 Å². The highest BCUT2D eigenvalue weighted by Crippen LogP contribution is 2.31. The smallest absolute Gasteiger partial charge is 0.438 e. The second kappa shape index (κ2) is 5.93. The Labute approximate surface area is 112 Å². The molecule has 0 aliphatic carbocycles. The number of aromatic nitrogens is 2. The molecule has 0 radical (unpaired) electrons. The quantitative estimate of drug-likeness (QED) is 0.786. The van der Waals surface area contributed by atoms with E-state index in [9.17, 15) is 9.59 Å². The number of hydrogen-bond acceptors (Lipinski definition) is 8. The number of nitrogen functional groups attached to an aromatic ring is 1. The van der Waals surface area contributed by atoms with Crippen molar-refractivity contribution in [3.8, 4) is 0 Å². The molecule has 0 saturated carbocycles. The lowest BCUT2D eigenvalue weighted by molar-refractivity contribution is -0.0206. The van der Waals surface area contributed by atoms with Crippen molar-refractivity contribution in [2.24, 2.45) is 0 Å². The van der Waals surface area contributed by atoms with Gasteiger partial charge in [0.05, 0.1) is 7.11 Å². The topological polar surface area (TPSA) is 106 Å². The SMILES string of the molecule is COC(=O)OC[C@@H]1O[C@H](n2ccc(N)nc2=O)CS1. The van der Waals surface area contributed by atoms with Crippen LogP contribution in [0.25, 0.3) is 0 Å². The van der Waals surface area contributed by atoms with E-state index in [4.69, 9.17) is 15.2 Å². The average molecular weight is 287 g/mol. The van der Waals surface area contributed by atoms with Crippen molar-refractivity contribution >= 4 is 23.7 Å². The summed E-state index contributed by atoms with van der Waals surface area (Å²) in [6.07, 6.45) is 0.315. The molecule has 2 heterocycles. The lowest BCUT2D eigenvalue weighted by Crippen LogP contribution is -2.29. The molecule has 0 unspecified atom stereocenters. The summed E-state index contributed by atoms with van der Waals surface area (Å²) >= 11 is 1.44. The number of ether oxygens (including phenoxy) is 3. The highest BCUT2D eigenvalue weighted by Gasteiger charge is 2.29. The summed E-state index contributed by atoms with van der Waals surface area (Å²) in [7, 11) is 1.23. The molecule has 1 aliphatic rings. The van der Waals surface area contributed by atoms with Crippen molar-refractivity contribution in [1.82, 2.24) is 9.55 Å². The summed E-state index contributed by atoms with van der Waals surface area (Å²) in [6.45, 7) is 0.0605. The van der Waals surface area contributed by atoms with Crippen LogP contribution in [0.3, 0.4) is 0 Å². The Morgan fingerprint density at radius 3 is 3.21 bits per heavy atom. The molecule has 1 aromatic heterocycles. The number of carbonyl (C=O) groups is 1. The lowest BCUT2D eigenvalue weighted by Gasteiger charge is -2.14. The van der Waals surface area contributed by atoms with Gasteiger partial charge in [-0.2, -0.15) is 4.98 Å². The first-order valence-corrected chi connectivity index (χ1v) is 6.47. The summed E-state index contributed by atoms with van der Waals surface area (Å²) in [6, 6.07) is 1.52. The summed E-state index contributed by atoms with van der Waals surface area (Å²) in [5.74, 6) is 0.721. The van der Waals surface area contributed by atoms with E-state index < -0.39 is 18.1 Å². The van der Waals surface area contributed by atoms with Gasteiger partial charge >= 0.3 is 11.8 Å². The zero-order chi connectivity index (χ0) is 13.8. The van der Waals surface area contributed by atoms with Crippen LogP contribution >= 0.6 is 11.8 Å². The minimum atomic E-state index is -0.765. The zero-order valence-corrected chi connectivity index (χ0v) is 11.0. The Morgan fingerprint density at radius 1 is 1.74 bits per heavy atom. The number of nitrogens with two attached hydrogens (primary N) is 1. The summed E-state index contributed by atoms with van der Waals surface area (Å²) in [4.78, 5) is 26.1. The molecule has 0 spiro atoms. The molecule has 0 bridgehead atoms. The summed E-state index contributed by atoms with van der Waals surface area (Å²) in [5.41, 5.74) is 4.60. The van der Waals surface area contributed by atoms with Gasteiger partial charge in [0.25, 0.3) is 0 Å². The monoisotopic (exact) mass is 287 g/mol. The molecular formula is C10H13N3O5S. The Bertz CT molecular complexity index is 520. The Kier molecular flexibility index (Phi) is 4.27. The van der Waals surface area contributed by atoms with E-state index in [0.29, 0.717) is 5.75 Å². The number of methoxy groups -OCH3 is 1. The van der Waals surface area contributed by atoms with Crippen LogP contribution in [0.4, 0.5) is 10.6 Å². The van der Waals surface area contributed by atoms with Gasteiger partial charge in [-0.25, -0.2) is 9.59 Å². The molecule has 1 saturated heterocycles. The zero-order valence-electron chi connectivity index (χ0n) is 10.1. The van der Waals surface area contributed by atoms with Gasteiger partial charge in [-0.3, -0.25) is 4.57 Å². The van der Waals surface area contributed by atoms with Gasteiger partial charge in [-0.05, 0) is 6.07 Å². The van der Waals surface area contributed by atoms with Gasteiger partial charge in [-0.1, -0.05) is 0 Å². The third kappa shape index (κ3) is 3.38. The molecule has 8 nitrogen and oxygen atoms in total. The minimum Gasteiger partial charge on any atom is -0.438 e. The van der Waals surface area contributed by atoms with Crippen LogP contribution in [-0.4, -0.2) is 40.6 Å². The number of carbonyl (C=O) groups excluding carboxylic acids is 1. The maximum Gasteiger partial charge on any atom is 0.508 e. The third-order valence-corrected chi connectivity index (χ3v) is 3.50. The first-order valence-electron chi connectivity index (χ1n) is 5.42. The fourth-order valence-electron chi connectivity index (χ4n) is 1.52. The van der Waals surface area contributed by atoms with Gasteiger partial charge < -0.3 is 19.9 Å². The Balaban J connectivity index is 1.94. The molecular weight excluding hydrogens is 274 g/mol. The maximum atomic E-state index is 11.6. The van der Waals surface area contributed by atoms with Gasteiger partial charge in [-0.15, -0.1) is 11.8 Å². The molecule has 0 amide bonds. The van der Waals surface area contributed by atoms with E-state index in [0.717, 1.165) is 0 Å². The lowest BCUT2D eigenvalue weighted by atomic mass is 10.5. The summed E-state index contributed by atoms with van der Waals surface area (Å²) < 4.78 is 16.1. The van der Waals surface area contributed by atoms with Gasteiger partial charge in [0.1, 0.15) is 24.1 Å². The number of hydrogen-bond donors (Lipinski definition) is 1. The number of anilines is 1. The third-order valence-electron chi connectivity index (χ3n) is 2.40. The van der Waals surface area contributed by atoms with E-state index >= 15 is 0 Å². The van der Waals surface area contributed by atoms with Crippen molar-refractivity contribution in [3.05, 3.63) is 22.7 Å². The fourth-order valence-corrected chi connectivity index (χ4v) is 2.51. The standard InChI is InChI=1S/C10H13N3O5S/c1-16-10(15)17-4-8-18-7(5-19-8)13-3-2-6(11)12-9(13)14/h2-3,7-8H,4-5H2,1H3,(H2,11,12,14)/t7-,8+/m0/s1. The Hall–Kier alpha value is -1.74. The first-order chi connectivity index (χ1) is 9.10. The molecule has 1 fully saturated rings. The maximum absolute atomic E-state index is 11.6. The van der Waals surface area contributed by atoms with E-state index in [2.05, 4.69) is 9.72 Å². The van der Waals surface area contributed by atoms with Crippen molar-refractivity contribution in [2.45, 2.75) is 11.7 Å². The highest BCUT2D eigenvalue weighted by atomic mass is 32.2. The molecule has 104 valence electrons. The van der Waals surface area contributed by atoms with E-state index in [1.165, 1.54) is 35.7 Å². The molecule has 2 atom stereocenters. The predicted octanol–water partition coefficient (Wildman–Crippen LogP) is 0.197. The van der Waals surface area contributed by atoms with Crippen molar-refractivity contribution in [2.75, 3.05) is 25.2 Å². The fraction of sp³-hybridized carbons (Fsp3) is 0.500. The van der Waals surface area contributed by atoms with Gasteiger partial charge in [0.15, 0.2) is 0 Å². The van der Waals surface area contributed by atoms with E-state index in [1.807, 2.05) is 0 Å². The van der Waals surface area contributed by atoms with Crippen molar-refractivity contribution in [3.63, 3.8) is 0 Å². The summed E-state index contributed by atoms with van der Waals surface area (Å²) in [5, 5.41) is 0. The Morgan fingerprint density at radius 2 is 2.53 bits per heavy atom. The molecule has 2 N–H and O–H groups in total. The number of thioether (sulfide) groups is 1. The molecule has 0 aromatic carbocycles. The number of nitrogens with zero attached hydrogens (tertiary/aromatic N) is 2.